The highest BCUT2D eigenvalue weighted by atomic mass is 15.0. The number of nitrogens with one attached hydrogen (secondary N) is 1. The Kier molecular flexibility index (Phi) is 6.07. The van der Waals surface area contributed by atoms with Crippen molar-refractivity contribution in [2.45, 2.75) is 27.2 Å². The average molecular weight is 279 g/mol. The molecule has 3 heteroatoms. The zero-order valence-electron chi connectivity index (χ0n) is 12.8. The Bertz CT molecular complexity index is 655. The van der Waals surface area contributed by atoms with Gasteiger partial charge in [-0.25, -0.2) is 0 Å². The van der Waals surface area contributed by atoms with Crippen molar-refractivity contribution in [3.63, 3.8) is 0 Å². The van der Waals surface area contributed by atoms with Crippen molar-refractivity contribution in [2.75, 3.05) is 0 Å². The summed E-state index contributed by atoms with van der Waals surface area (Å²) in [5.41, 5.74) is 13.8. The van der Waals surface area contributed by atoms with E-state index in [1.165, 1.54) is 16.7 Å². The van der Waals surface area contributed by atoms with E-state index in [-0.39, 0.29) is 0 Å². The van der Waals surface area contributed by atoms with Gasteiger partial charge in [0.1, 0.15) is 11.9 Å². The van der Waals surface area contributed by atoms with E-state index in [0.717, 1.165) is 12.0 Å². The molecule has 0 saturated carbocycles. The molecule has 0 saturated heterocycles. The first kappa shape index (κ1) is 16.4. The molecule has 0 aromatic carbocycles. The minimum absolute atomic E-state index is 0.322. The fourth-order valence-corrected chi connectivity index (χ4v) is 2.18. The summed E-state index contributed by atoms with van der Waals surface area (Å²) in [6.07, 6.45) is 9.96. The van der Waals surface area contributed by atoms with Crippen LogP contribution in [0.3, 0.4) is 0 Å². The van der Waals surface area contributed by atoms with Crippen LogP contribution >= 0.6 is 0 Å². The fraction of sp³-hybridized carbons (Fsp3) is 0.222. The van der Waals surface area contributed by atoms with Crippen molar-refractivity contribution in [3.05, 3.63) is 76.5 Å². The number of allylic oxidation sites excluding steroid dienone is 9. The Hall–Kier alpha value is -2.69. The lowest BCUT2D eigenvalue weighted by molar-refractivity contribution is 1.01. The van der Waals surface area contributed by atoms with Crippen LogP contribution in [0.5, 0.6) is 0 Å². The minimum atomic E-state index is 0.322. The van der Waals surface area contributed by atoms with Crippen LogP contribution in [0.1, 0.15) is 27.2 Å². The van der Waals surface area contributed by atoms with Gasteiger partial charge in [-0.3, -0.25) is 0 Å². The van der Waals surface area contributed by atoms with Crippen molar-refractivity contribution in [1.29, 1.82) is 5.26 Å². The van der Waals surface area contributed by atoms with Gasteiger partial charge in [-0.1, -0.05) is 23.8 Å². The molecule has 0 unspecified atom stereocenters. The van der Waals surface area contributed by atoms with Gasteiger partial charge < -0.3 is 11.1 Å². The molecule has 0 aliphatic heterocycles. The second kappa shape index (κ2) is 7.79. The highest BCUT2D eigenvalue weighted by Crippen LogP contribution is 2.29. The van der Waals surface area contributed by atoms with E-state index in [0.29, 0.717) is 11.4 Å². The molecule has 1 rings (SSSR count). The second-order valence-corrected chi connectivity index (χ2v) is 5.00. The van der Waals surface area contributed by atoms with Gasteiger partial charge in [0.25, 0.3) is 0 Å². The normalized spacial score (nSPS) is 16.3. The summed E-state index contributed by atoms with van der Waals surface area (Å²) in [6, 6.07) is 2.12. The first-order valence-corrected chi connectivity index (χ1v) is 6.72. The van der Waals surface area contributed by atoms with Gasteiger partial charge in [-0.2, -0.15) is 5.26 Å². The first-order chi connectivity index (χ1) is 9.99. The maximum atomic E-state index is 9.25. The molecule has 0 heterocycles. The number of hydrogen-bond donors (Lipinski definition) is 2. The topological polar surface area (TPSA) is 61.8 Å². The van der Waals surface area contributed by atoms with Gasteiger partial charge in [-0.05, 0) is 56.6 Å². The van der Waals surface area contributed by atoms with Crippen molar-refractivity contribution < 1.29 is 0 Å². The molecule has 1 aliphatic carbocycles. The van der Waals surface area contributed by atoms with E-state index in [1.54, 1.807) is 18.4 Å². The van der Waals surface area contributed by atoms with Gasteiger partial charge in [0.2, 0.25) is 0 Å². The van der Waals surface area contributed by atoms with E-state index in [4.69, 9.17) is 5.73 Å². The molecular formula is C18H21N3. The molecule has 0 atom stereocenters. The standard InChI is InChI=1S/C18H21N3/c1-5-6-7-8-21-18(20)16(12-19)11-15(4)17-10-13(2)9-14(17)3/h6-8,10-11,21H,1,9,20H2,2-4H3/b8-7-,15-11+,18-16-. The Labute approximate surface area is 126 Å². The predicted octanol–water partition coefficient (Wildman–Crippen LogP) is 3.74. The zero-order valence-corrected chi connectivity index (χ0v) is 12.8. The highest BCUT2D eigenvalue weighted by Gasteiger charge is 2.11. The molecule has 1 aliphatic rings. The van der Waals surface area contributed by atoms with Crippen LogP contribution in [-0.2, 0) is 0 Å². The number of rotatable bonds is 5. The Morgan fingerprint density at radius 2 is 2.19 bits per heavy atom. The molecular weight excluding hydrogens is 258 g/mol. The van der Waals surface area contributed by atoms with Crippen LogP contribution in [0.4, 0.5) is 0 Å². The smallest absolute Gasteiger partial charge is 0.118 e. The zero-order chi connectivity index (χ0) is 15.8. The summed E-state index contributed by atoms with van der Waals surface area (Å²) in [4.78, 5) is 0. The molecule has 3 N–H and O–H groups in total. The van der Waals surface area contributed by atoms with Crippen molar-refractivity contribution in [2.24, 2.45) is 5.73 Å². The molecule has 0 aromatic rings. The number of nitrogens with zero attached hydrogens (tertiary/aromatic N) is 1. The summed E-state index contributed by atoms with van der Waals surface area (Å²) >= 11 is 0. The first-order valence-electron chi connectivity index (χ1n) is 6.72. The molecule has 0 radical (unpaired) electrons. The predicted molar refractivity (Wildman–Crippen MR) is 87.6 cm³/mol. The molecule has 0 fully saturated rings. The van der Waals surface area contributed by atoms with Gasteiger partial charge in [-0.15, -0.1) is 5.73 Å². The second-order valence-electron chi connectivity index (χ2n) is 5.00. The van der Waals surface area contributed by atoms with Crippen molar-refractivity contribution in [3.8, 4) is 6.07 Å². The Morgan fingerprint density at radius 3 is 2.71 bits per heavy atom. The fourth-order valence-electron chi connectivity index (χ4n) is 2.18. The molecule has 3 nitrogen and oxygen atoms in total. The van der Waals surface area contributed by atoms with Gasteiger partial charge in [0.15, 0.2) is 0 Å². The number of nitrogens with two attached hydrogens (primary N) is 1. The molecule has 108 valence electrons. The third-order valence-corrected chi connectivity index (χ3v) is 3.14. The van der Waals surface area contributed by atoms with Crippen LogP contribution in [0.2, 0.25) is 0 Å². The molecule has 0 amide bonds. The van der Waals surface area contributed by atoms with E-state index in [2.05, 4.69) is 43.6 Å². The summed E-state index contributed by atoms with van der Waals surface area (Å²) in [5.74, 6) is 0.322. The third kappa shape index (κ3) is 4.72. The summed E-state index contributed by atoms with van der Waals surface area (Å²) in [5, 5.41) is 12.1. The van der Waals surface area contributed by atoms with E-state index >= 15 is 0 Å². The average Bonchev–Trinajstić information content (AvgIpc) is 2.79. The lowest BCUT2D eigenvalue weighted by Crippen LogP contribution is -2.16. The van der Waals surface area contributed by atoms with Crippen LogP contribution in [0, 0.1) is 11.3 Å². The van der Waals surface area contributed by atoms with Crippen LogP contribution < -0.4 is 11.1 Å². The number of hydrogen-bond acceptors (Lipinski definition) is 3. The minimum Gasteiger partial charge on any atom is -0.384 e. The largest absolute Gasteiger partial charge is 0.384 e. The monoisotopic (exact) mass is 279 g/mol. The summed E-state index contributed by atoms with van der Waals surface area (Å²) in [6.45, 7) is 9.67. The van der Waals surface area contributed by atoms with Gasteiger partial charge in [0.05, 0.1) is 5.57 Å². The maximum absolute atomic E-state index is 9.25. The molecule has 21 heavy (non-hydrogen) atoms. The van der Waals surface area contributed by atoms with Gasteiger partial charge in [0, 0.05) is 6.20 Å². The Morgan fingerprint density at radius 1 is 1.48 bits per heavy atom. The molecule has 0 bridgehead atoms. The highest BCUT2D eigenvalue weighted by molar-refractivity contribution is 5.53. The van der Waals surface area contributed by atoms with Crippen LogP contribution in [0.15, 0.2) is 76.5 Å². The Balaban J connectivity index is 3.00. The maximum Gasteiger partial charge on any atom is 0.118 e. The van der Waals surface area contributed by atoms with E-state index < -0.39 is 0 Å². The van der Waals surface area contributed by atoms with Crippen LogP contribution in [-0.4, -0.2) is 0 Å². The lowest BCUT2D eigenvalue weighted by Gasteiger charge is -2.05. The van der Waals surface area contributed by atoms with E-state index in [9.17, 15) is 5.26 Å². The molecule has 0 aromatic heterocycles. The molecule has 0 spiro atoms. The van der Waals surface area contributed by atoms with Crippen molar-refractivity contribution >= 4 is 0 Å². The lowest BCUT2D eigenvalue weighted by atomic mass is 10.0. The summed E-state index contributed by atoms with van der Waals surface area (Å²) < 4.78 is 0. The quantitative estimate of drug-likeness (QED) is 0.458. The third-order valence-electron chi connectivity index (χ3n) is 3.14. The van der Waals surface area contributed by atoms with E-state index in [1.807, 2.05) is 13.0 Å². The van der Waals surface area contributed by atoms with Gasteiger partial charge >= 0.3 is 0 Å². The van der Waals surface area contributed by atoms with Crippen LogP contribution in [0.25, 0.3) is 0 Å². The SMILES string of the molecule is C=C=C/C=C\N/C(N)=C(C#N)/C=C(\C)C1=C(C)CC(C)=C1. The number of nitriles is 1. The summed E-state index contributed by atoms with van der Waals surface area (Å²) in [7, 11) is 0. The van der Waals surface area contributed by atoms with Crippen molar-refractivity contribution in [1.82, 2.24) is 5.32 Å².